The second-order valence-electron chi connectivity index (χ2n) is 5.71. The van der Waals surface area contributed by atoms with Crippen LogP contribution in [0.5, 0.6) is 11.5 Å². The second-order valence-corrected chi connectivity index (χ2v) is 5.71. The summed E-state index contributed by atoms with van der Waals surface area (Å²) in [6.07, 6.45) is 1.89. The highest BCUT2D eigenvalue weighted by atomic mass is 127. The van der Waals surface area contributed by atoms with Gasteiger partial charge in [-0.15, -0.1) is 24.0 Å². The van der Waals surface area contributed by atoms with Gasteiger partial charge in [0, 0.05) is 12.1 Å². The van der Waals surface area contributed by atoms with E-state index in [0.29, 0.717) is 25.7 Å². The number of nitrogens with one attached hydrogen (secondary N) is 1. The molecule has 0 aliphatic carbocycles. The van der Waals surface area contributed by atoms with Crippen LogP contribution in [0.1, 0.15) is 24.5 Å². The van der Waals surface area contributed by atoms with E-state index in [1.54, 1.807) is 0 Å². The third-order valence-corrected chi connectivity index (χ3v) is 3.85. The van der Waals surface area contributed by atoms with Gasteiger partial charge in [0.15, 0.2) is 17.5 Å². The van der Waals surface area contributed by atoms with E-state index in [1.165, 1.54) is 5.56 Å². The monoisotopic (exact) mass is 453 g/mol. The van der Waals surface area contributed by atoms with Crippen LogP contribution in [0, 0.1) is 0 Å². The van der Waals surface area contributed by atoms with Crippen LogP contribution in [0.3, 0.4) is 0 Å². The molecular formula is C19H24IN3O2. The fraction of sp³-hybridized carbons (Fsp3) is 0.316. The van der Waals surface area contributed by atoms with Gasteiger partial charge in [0.1, 0.15) is 0 Å². The number of aryl methyl sites for hydroxylation is 1. The highest BCUT2D eigenvalue weighted by Crippen LogP contribution is 2.30. The lowest BCUT2D eigenvalue weighted by Gasteiger charge is -2.09. The molecule has 3 N–H and O–H groups in total. The molecule has 0 amide bonds. The molecule has 0 fully saturated rings. The van der Waals surface area contributed by atoms with E-state index in [4.69, 9.17) is 15.2 Å². The van der Waals surface area contributed by atoms with Gasteiger partial charge in [-0.2, -0.15) is 0 Å². The quantitative estimate of drug-likeness (QED) is 0.418. The van der Waals surface area contributed by atoms with Crippen LogP contribution >= 0.6 is 24.0 Å². The van der Waals surface area contributed by atoms with Crippen molar-refractivity contribution in [2.75, 3.05) is 18.5 Å². The molecule has 0 radical (unpaired) electrons. The van der Waals surface area contributed by atoms with E-state index >= 15 is 0 Å². The van der Waals surface area contributed by atoms with Crippen LogP contribution in [0.15, 0.2) is 47.5 Å². The third kappa shape index (κ3) is 5.52. The SMILES string of the molecule is CCc1cccc(NC(N)=NCc2ccc3c(c2)OCCCO3)c1.I. The zero-order valence-corrected chi connectivity index (χ0v) is 16.7. The number of fused-ring (bicyclic) bond motifs is 1. The summed E-state index contributed by atoms with van der Waals surface area (Å²) in [5.41, 5.74) is 9.24. The summed E-state index contributed by atoms with van der Waals surface area (Å²) >= 11 is 0. The minimum Gasteiger partial charge on any atom is -0.490 e. The summed E-state index contributed by atoms with van der Waals surface area (Å²) < 4.78 is 11.3. The van der Waals surface area contributed by atoms with Crippen molar-refractivity contribution in [1.29, 1.82) is 0 Å². The highest BCUT2D eigenvalue weighted by Gasteiger charge is 2.10. The van der Waals surface area contributed by atoms with Crippen LogP contribution in [0.4, 0.5) is 5.69 Å². The van der Waals surface area contributed by atoms with Crippen molar-refractivity contribution in [3.05, 3.63) is 53.6 Å². The molecule has 0 spiro atoms. The molecule has 2 aromatic rings. The number of anilines is 1. The van der Waals surface area contributed by atoms with E-state index in [-0.39, 0.29) is 24.0 Å². The number of aliphatic imine (C=N–C) groups is 1. The third-order valence-electron chi connectivity index (χ3n) is 3.85. The summed E-state index contributed by atoms with van der Waals surface area (Å²) in [6, 6.07) is 14.1. The molecule has 0 aromatic heterocycles. The molecule has 134 valence electrons. The Kier molecular flexibility index (Phi) is 7.36. The van der Waals surface area contributed by atoms with Gasteiger partial charge in [-0.1, -0.05) is 25.1 Å². The molecule has 0 atom stereocenters. The predicted molar refractivity (Wildman–Crippen MR) is 112 cm³/mol. The Bertz CT molecular complexity index is 734. The van der Waals surface area contributed by atoms with Crippen LogP contribution in [-0.4, -0.2) is 19.2 Å². The van der Waals surface area contributed by atoms with Crippen molar-refractivity contribution in [3.63, 3.8) is 0 Å². The molecule has 0 saturated carbocycles. The summed E-state index contributed by atoms with van der Waals surface area (Å²) in [4.78, 5) is 4.40. The van der Waals surface area contributed by atoms with Gasteiger partial charge in [0.25, 0.3) is 0 Å². The lowest BCUT2D eigenvalue weighted by molar-refractivity contribution is 0.297. The standard InChI is InChI=1S/C19H23N3O2.HI/c1-2-14-5-3-6-16(11-14)22-19(20)21-13-15-7-8-17-18(12-15)24-10-4-9-23-17;/h3,5-8,11-12H,2,4,9-10,13H2,1H3,(H3,20,21,22);1H. The van der Waals surface area contributed by atoms with Crippen molar-refractivity contribution in [1.82, 2.24) is 0 Å². The van der Waals surface area contributed by atoms with Crippen LogP contribution in [0.25, 0.3) is 0 Å². The van der Waals surface area contributed by atoms with Gasteiger partial charge in [-0.05, 0) is 41.8 Å². The Labute approximate surface area is 165 Å². The van der Waals surface area contributed by atoms with E-state index in [2.05, 4.69) is 29.4 Å². The normalized spacial score (nSPS) is 13.6. The van der Waals surface area contributed by atoms with Crippen LogP contribution in [0.2, 0.25) is 0 Å². The first kappa shape index (κ1) is 19.4. The molecule has 1 aliphatic rings. The summed E-state index contributed by atoms with van der Waals surface area (Å²) in [7, 11) is 0. The van der Waals surface area contributed by atoms with Gasteiger partial charge in [-0.3, -0.25) is 0 Å². The summed E-state index contributed by atoms with van der Waals surface area (Å²) in [6.45, 7) is 3.99. The van der Waals surface area contributed by atoms with E-state index in [1.807, 2.05) is 30.3 Å². The average molecular weight is 453 g/mol. The number of benzene rings is 2. The van der Waals surface area contributed by atoms with Gasteiger partial charge in [-0.25, -0.2) is 4.99 Å². The van der Waals surface area contributed by atoms with Crippen molar-refractivity contribution in [2.24, 2.45) is 10.7 Å². The molecule has 5 nitrogen and oxygen atoms in total. The fourth-order valence-electron chi connectivity index (χ4n) is 2.54. The minimum absolute atomic E-state index is 0. The van der Waals surface area contributed by atoms with Gasteiger partial charge in [0.2, 0.25) is 0 Å². The number of hydrogen-bond donors (Lipinski definition) is 2. The molecule has 3 rings (SSSR count). The maximum Gasteiger partial charge on any atom is 0.193 e. The number of guanidine groups is 1. The number of hydrogen-bond acceptors (Lipinski definition) is 3. The molecular weight excluding hydrogens is 429 g/mol. The number of nitrogens with zero attached hydrogens (tertiary/aromatic N) is 1. The molecule has 0 bridgehead atoms. The minimum atomic E-state index is 0. The first-order chi connectivity index (χ1) is 11.7. The van der Waals surface area contributed by atoms with Crippen molar-refractivity contribution in [2.45, 2.75) is 26.3 Å². The number of halogens is 1. The maximum absolute atomic E-state index is 5.99. The molecule has 6 heteroatoms. The first-order valence-corrected chi connectivity index (χ1v) is 8.29. The Morgan fingerprint density at radius 2 is 1.88 bits per heavy atom. The molecule has 25 heavy (non-hydrogen) atoms. The largest absolute Gasteiger partial charge is 0.490 e. The van der Waals surface area contributed by atoms with Gasteiger partial charge < -0.3 is 20.5 Å². The number of nitrogens with two attached hydrogens (primary N) is 1. The van der Waals surface area contributed by atoms with E-state index < -0.39 is 0 Å². The fourth-order valence-corrected chi connectivity index (χ4v) is 2.54. The first-order valence-electron chi connectivity index (χ1n) is 8.29. The zero-order chi connectivity index (χ0) is 16.8. The predicted octanol–water partition coefficient (Wildman–Crippen LogP) is 3.96. The van der Waals surface area contributed by atoms with Gasteiger partial charge >= 0.3 is 0 Å². The molecule has 2 aromatic carbocycles. The lowest BCUT2D eigenvalue weighted by Crippen LogP contribution is -2.22. The maximum atomic E-state index is 5.99. The number of rotatable bonds is 4. The summed E-state index contributed by atoms with van der Waals surface area (Å²) in [5, 5.41) is 3.13. The Morgan fingerprint density at radius 3 is 2.68 bits per heavy atom. The molecule has 0 unspecified atom stereocenters. The summed E-state index contributed by atoms with van der Waals surface area (Å²) in [5.74, 6) is 1.97. The van der Waals surface area contributed by atoms with E-state index in [0.717, 1.165) is 35.6 Å². The molecule has 1 aliphatic heterocycles. The molecule has 1 heterocycles. The van der Waals surface area contributed by atoms with Crippen LogP contribution < -0.4 is 20.5 Å². The lowest BCUT2D eigenvalue weighted by atomic mass is 10.1. The van der Waals surface area contributed by atoms with Crippen molar-refractivity contribution >= 4 is 35.6 Å². The van der Waals surface area contributed by atoms with Crippen molar-refractivity contribution < 1.29 is 9.47 Å². The van der Waals surface area contributed by atoms with E-state index in [9.17, 15) is 0 Å². The number of ether oxygens (including phenoxy) is 2. The Balaban J connectivity index is 0.00000225. The Hall–Kier alpha value is -1.96. The topological polar surface area (TPSA) is 68.9 Å². The van der Waals surface area contributed by atoms with Crippen LogP contribution in [-0.2, 0) is 13.0 Å². The molecule has 0 saturated heterocycles. The zero-order valence-electron chi connectivity index (χ0n) is 14.3. The average Bonchev–Trinajstić information content (AvgIpc) is 2.85. The second kappa shape index (κ2) is 9.50. The Morgan fingerprint density at radius 1 is 1.08 bits per heavy atom. The van der Waals surface area contributed by atoms with Crippen molar-refractivity contribution in [3.8, 4) is 11.5 Å². The highest BCUT2D eigenvalue weighted by molar-refractivity contribution is 14.0. The smallest absolute Gasteiger partial charge is 0.193 e. The van der Waals surface area contributed by atoms with Gasteiger partial charge in [0.05, 0.1) is 19.8 Å².